The number of unbranched alkanes of at least 4 members (excludes halogenated alkanes) is 1. The molecule has 32 heavy (non-hydrogen) atoms. The first kappa shape index (κ1) is 32.5. The van der Waals surface area contributed by atoms with Crippen molar-refractivity contribution in [1.82, 2.24) is 0 Å². The smallest absolute Gasteiger partial charge is 0.330 e. The Kier molecular flexibility index (Phi) is 27.2. The highest BCUT2D eigenvalue weighted by molar-refractivity contribution is 5.90. The lowest BCUT2D eigenvalue weighted by Gasteiger charge is -1.97. The normalized spacial score (nSPS) is 8.16. The molecule has 172 valence electrons. The van der Waals surface area contributed by atoms with Crippen LogP contribution in [0.15, 0.2) is 67.8 Å². The maximum absolute atomic E-state index is 10.4. The molecule has 0 aliphatic carbocycles. The van der Waals surface area contributed by atoms with E-state index in [2.05, 4.69) is 22.6 Å². The van der Waals surface area contributed by atoms with Crippen LogP contribution in [0.4, 0.5) is 0 Å². The van der Waals surface area contributed by atoms with Crippen molar-refractivity contribution in [1.29, 1.82) is 5.26 Å². The van der Waals surface area contributed by atoms with Gasteiger partial charge in [-0.25, -0.2) is 19.2 Å². The molecule has 0 unspecified atom stereocenters. The number of allylic oxidation sites excluding steroid dienone is 1. The summed E-state index contributed by atoms with van der Waals surface area (Å²) in [6, 6.07) is 11.5. The standard InChI is InChI=1S/C8H8.C7H12O2.C6H8O4.C3HNO/c1-2-8-6-4-3-5-7-8;1-3-5-6-9-7(8)4-2;1-2-10-6(9)4-3-5(7)8;4-2-1-3-5/h2-7H,1H2;4H,2-3,5-6H2,1H3;3-4H,2H2,1H3,(H,7,8);1H. The number of ether oxygens (including phenoxy) is 2. The Labute approximate surface area is 188 Å². The number of benzene rings is 1. The van der Waals surface area contributed by atoms with Gasteiger partial charge in [-0.1, -0.05) is 62.9 Å². The lowest BCUT2D eigenvalue weighted by Crippen LogP contribution is -2.00. The Morgan fingerprint density at radius 3 is 2.03 bits per heavy atom. The third-order valence-corrected chi connectivity index (χ3v) is 2.72. The first-order chi connectivity index (χ1) is 15.3. The lowest BCUT2D eigenvalue weighted by molar-refractivity contribution is -0.138. The number of nitrogens with zero attached hydrogens (tertiary/aromatic N) is 1. The molecular formula is C24H29NO7. The van der Waals surface area contributed by atoms with E-state index in [1.54, 1.807) is 6.92 Å². The van der Waals surface area contributed by atoms with E-state index >= 15 is 0 Å². The first-order valence-corrected chi connectivity index (χ1v) is 9.46. The average molecular weight is 443 g/mol. The SMILES string of the molecule is C=CC(=O)OCCCC.C=Cc1ccccc1.CCOC(=O)C=CC(=O)O.N#CC=C=O. The third-order valence-electron chi connectivity index (χ3n) is 2.72. The van der Waals surface area contributed by atoms with Gasteiger partial charge in [-0.3, -0.25) is 0 Å². The highest BCUT2D eigenvalue weighted by atomic mass is 16.5. The van der Waals surface area contributed by atoms with Gasteiger partial charge >= 0.3 is 17.9 Å². The fraction of sp³-hybridized carbons (Fsp3) is 0.250. The van der Waals surface area contributed by atoms with Crippen LogP contribution in [0.3, 0.4) is 0 Å². The number of carboxylic acids is 1. The van der Waals surface area contributed by atoms with Gasteiger partial charge in [0.25, 0.3) is 0 Å². The first-order valence-electron chi connectivity index (χ1n) is 9.46. The van der Waals surface area contributed by atoms with E-state index in [-0.39, 0.29) is 12.6 Å². The molecule has 0 spiro atoms. The number of carbonyl (C=O) groups is 3. The van der Waals surface area contributed by atoms with Gasteiger partial charge in [0.15, 0.2) is 0 Å². The maximum Gasteiger partial charge on any atom is 0.330 e. The summed E-state index contributed by atoms with van der Waals surface area (Å²) in [4.78, 5) is 39.5. The second-order valence-electron chi connectivity index (χ2n) is 5.15. The molecule has 0 heterocycles. The number of carbonyl (C=O) groups excluding carboxylic acids is 3. The van der Waals surface area contributed by atoms with E-state index in [1.807, 2.05) is 43.3 Å². The zero-order valence-electron chi connectivity index (χ0n) is 18.4. The predicted octanol–water partition coefficient (Wildman–Crippen LogP) is 3.93. The summed E-state index contributed by atoms with van der Waals surface area (Å²) in [6.07, 6.45) is 7.34. The minimum Gasteiger partial charge on any atom is -0.478 e. The van der Waals surface area contributed by atoms with Crippen molar-refractivity contribution >= 4 is 29.9 Å². The molecule has 0 aliphatic heterocycles. The van der Waals surface area contributed by atoms with Crippen molar-refractivity contribution in [3.8, 4) is 6.07 Å². The fourth-order valence-corrected chi connectivity index (χ4v) is 1.32. The minimum atomic E-state index is -1.16. The molecule has 0 amide bonds. The van der Waals surface area contributed by atoms with Gasteiger partial charge in [0.1, 0.15) is 12.0 Å². The summed E-state index contributed by atoms with van der Waals surface area (Å²) in [5.74, 6) is -0.842. The van der Waals surface area contributed by atoms with Crippen LogP contribution in [0.25, 0.3) is 6.08 Å². The second kappa shape index (κ2) is 26.8. The van der Waals surface area contributed by atoms with Gasteiger partial charge in [0.05, 0.1) is 19.3 Å². The van der Waals surface area contributed by atoms with Crippen molar-refractivity contribution in [3.05, 3.63) is 73.4 Å². The van der Waals surface area contributed by atoms with Crippen LogP contribution in [0.1, 0.15) is 32.3 Å². The molecule has 0 saturated carbocycles. The summed E-state index contributed by atoms with van der Waals surface area (Å²) < 4.78 is 9.08. The van der Waals surface area contributed by atoms with Gasteiger partial charge in [0, 0.05) is 18.2 Å². The fourth-order valence-electron chi connectivity index (χ4n) is 1.32. The summed E-state index contributed by atoms with van der Waals surface area (Å²) in [5.41, 5.74) is 1.17. The summed E-state index contributed by atoms with van der Waals surface area (Å²) >= 11 is 0. The number of nitriles is 1. The van der Waals surface area contributed by atoms with Crippen LogP contribution < -0.4 is 0 Å². The molecule has 0 fully saturated rings. The van der Waals surface area contributed by atoms with Gasteiger partial charge in [0.2, 0.25) is 0 Å². The highest BCUT2D eigenvalue weighted by Crippen LogP contribution is 1.97. The number of hydrogen-bond acceptors (Lipinski definition) is 7. The molecule has 0 aromatic heterocycles. The molecule has 1 rings (SSSR count). The largest absolute Gasteiger partial charge is 0.478 e. The topological polar surface area (TPSA) is 131 Å². The van der Waals surface area contributed by atoms with Crippen molar-refractivity contribution in [3.63, 3.8) is 0 Å². The van der Waals surface area contributed by atoms with E-state index < -0.39 is 11.9 Å². The molecule has 0 aliphatic rings. The Balaban J connectivity index is -0.000000359. The molecule has 1 aromatic rings. The number of carboxylic acid groups (broad SMARTS) is 1. The number of esters is 2. The van der Waals surface area contributed by atoms with E-state index in [0.717, 1.165) is 31.1 Å². The molecule has 8 nitrogen and oxygen atoms in total. The Morgan fingerprint density at radius 2 is 1.69 bits per heavy atom. The van der Waals surface area contributed by atoms with Crippen LogP contribution in [0, 0.1) is 11.3 Å². The average Bonchev–Trinajstić information content (AvgIpc) is 2.80. The Morgan fingerprint density at radius 1 is 1.06 bits per heavy atom. The van der Waals surface area contributed by atoms with Gasteiger partial charge in [-0.2, -0.15) is 5.26 Å². The van der Waals surface area contributed by atoms with E-state index in [0.29, 0.717) is 6.61 Å². The van der Waals surface area contributed by atoms with E-state index in [9.17, 15) is 14.4 Å². The summed E-state index contributed by atoms with van der Waals surface area (Å²) in [5, 5.41) is 15.5. The molecule has 0 radical (unpaired) electrons. The van der Waals surface area contributed by atoms with Crippen LogP contribution >= 0.6 is 0 Å². The van der Waals surface area contributed by atoms with Crippen LogP contribution in [-0.2, 0) is 28.7 Å². The minimum absolute atomic E-state index is 0.253. The second-order valence-corrected chi connectivity index (χ2v) is 5.15. The monoisotopic (exact) mass is 443 g/mol. The zero-order valence-corrected chi connectivity index (χ0v) is 18.4. The Hall–Kier alpha value is -4.21. The van der Waals surface area contributed by atoms with Gasteiger partial charge < -0.3 is 14.6 Å². The van der Waals surface area contributed by atoms with E-state index in [4.69, 9.17) is 15.2 Å². The van der Waals surface area contributed by atoms with Crippen LogP contribution in [0.5, 0.6) is 0 Å². The molecule has 0 saturated heterocycles. The number of hydrogen-bond donors (Lipinski definition) is 1. The molecule has 1 aromatic carbocycles. The molecule has 0 atom stereocenters. The molecule has 0 bridgehead atoms. The molecular weight excluding hydrogens is 414 g/mol. The van der Waals surface area contributed by atoms with Crippen molar-refractivity contribution < 1.29 is 33.8 Å². The van der Waals surface area contributed by atoms with Crippen LogP contribution in [0.2, 0.25) is 0 Å². The summed E-state index contributed by atoms with van der Waals surface area (Å²) in [6.45, 7) is 11.4. The maximum atomic E-state index is 10.4. The van der Waals surface area contributed by atoms with Crippen LogP contribution in [-0.4, -0.2) is 42.2 Å². The Bertz CT molecular complexity index is 786. The molecule has 8 heteroatoms. The number of rotatable bonds is 8. The molecule has 1 N–H and O–H groups in total. The van der Waals surface area contributed by atoms with Crippen molar-refractivity contribution in [2.45, 2.75) is 26.7 Å². The zero-order chi connectivity index (χ0) is 25.0. The third kappa shape index (κ3) is 30.5. The summed E-state index contributed by atoms with van der Waals surface area (Å²) in [7, 11) is 0. The number of aliphatic carboxylic acids is 1. The quantitative estimate of drug-likeness (QED) is 0.210. The van der Waals surface area contributed by atoms with Crippen molar-refractivity contribution in [2.75, 3.05) is 13.2 Å². The van der Waals surface area contributed by atoms with Crippen molar-refractivity contribution in [2.24, 2.45) is 0 Å². The predicted molar refractivity (Wildman–Crippen MR) is 122 cm³/mol. The highest BCUT2D eigenvalue weighted by Gasteiger charge is 1.94. The van der Waals surface area contributed by atoms with Gasteiger partial charge in [-0.05, 0) is 18.9 Å². The van der Waals surface area contributed by atoms with E-state index in [1.165, 1.54) is 23.7 Å². The van der Waals surface area contributed by atoms with Gasteiger partial charge in [-0.15, -0.1) is 0 Å². The lowest BCUT2D eigenvalue weighted by atomic mass is 10.2.